The summed E-state index contributed by atoms with van der Waals surface area (Å²) in [6.07, 6.45) is 5.62. The molecule has 5 N–H and O–H groups in total. The van der Waals surface area contributed by atoms with Gasteiger partial charge in [-0.3, -0.25) is 13.9 Å². The molecule has 1 amide bonds. The summed E-state index contributed by atoms with van der Waals surface area (Å²) in [5.74, 6) is -1.30. The number of benzene rings is 2. The summed E-state index contributed by atoms with van der Waals surface area (Å²) < 4.78 is 81.4. The van der Waals surface area contributed by atoms with Crippen molar-refractivity contribution in [2.75, 3.05) is 18.9 Å². The van der Waals surface area contributed by atoms with Crippen LogP contribution in [-0.2, 0) is 29.8 Å². The molecular formula is C34H37F3N7O8P. The Balaban J connectivity index is 1.45. The second-order valence-corrected chi connectivity index (χ2v) is 13.8. The van der Waals surface area contributed by atoms with Crippen LogP contribution in [0.5, 0.6) is 5.75 Å². The number of ether oxygens (including phenoxy) is 2. The molecule has 0 aliphatic carbocycles. The molecular weight excluding hydrogens is 722 g/mol. The van der Waals surface area contributed by atoms with E-state index in [4.69, 9.17) is 30.7 Å². The maximum absolute atomic E-state index is 14.5. The minimum absolute atomic E-state index is 0.0105. The van der Waals surface area contributed by atoms with Crippen molar-refractivity contribution in [3.63, 3.8) is 0 Å². The highest BCUT2D eigenvalue weighted by atomic mass is 31.2. The molecule has 1 fully saturated rings. The number of carboxylic acids is 1. The van der Waals surface area contributed by atoms with E-state index in [1.165, 1.54) is 23.0 Å². The number of fused-ring (bicyclic) bond motifs is 1. The molecule has 4 aromatic rings. The van der Waals surface area contributed by atoms with Crippen LogP contribution in [0.4, 0.5) is 23.8 Å². The molecule has 2 aromatic carbocycles. The van der Waals surface area contributed by atoms with Crippen LogP contribution < -0.4 is 20.7 Å². The molecule has 0 unspecified atom stereocenters. The monoisotopic (exact) mass is 759 g/mol. The number of alkyl carbamates (subject to hydrolysis) is 1. The Hall–Kier alpha value is -5.21. The van der Waals surface area contributed by atoms with Gasteiger partial charge in [0, 0.05) is 19.0 Å². The largest absolute Gasteiger partial charge is 0.480 e. The average molecular weight is 760 g/mol. The number of rotatable bonds is 17. The molecule has 3 heterocycles. The van der Waals surface area contributed by atoms with Crippen molar-refractivity contribution >= 4 is 36.8 Å². The SMILES string of the molecule is C#C[C@]1(CO[P@@](=O)(N[C@@H](Cc2cc(F)cc(F)c2)C(=O)O)Oc2ccccc2)O[C@@H](n2cnc3c(N)nc(F)nc32)C[C@@H]1OC(=O)NCCCCCC. The maximum Gasteiger partial charge on any atom is 0.459 e. The Labute approximate surface area is 302 Å². The number of halogens is 3. The molecule has 5 rings (SSSR count). The normalized spacial score (nSPS) is 20.0. The zero-order valence-corrected chi connectivity index (χ0v) is 29.3. The summed E-state index contributed by atoms with van der Waals surface area (Å²) in [6.45, 7) is 1.52. The van der Waals surface area contributed by atoms with E-state index in [0.29, 0.717) is 19.0 Å². The van der Waals surface area contributed by atoms with Crippen molar-refractivity contribution in [3.05, 3.63) is 78.1 Å². The summed E-state index contributed by atoms with van der Waals surface area (Å²) in [6, 6.07) is 8.27. The number of para-hydroxylation sites is 1. The number of amides is 1. The van der Waals surface area contributed by atoms with Gasteiger partial charge in [-0.1, -0.05) is 50.3 Å². The third-order valence-corrected chi connectivity index (χ3v) is 9.75. The van der Waals surface area contributed by atoms with E-state index >= 15 is 0 Å². The molecule has 15 nitrogen and oxygen atoms in total. The number of anilines is 1. The number of terminal acetylenes is 1. The highest BCUT2D eigenvalue weighted by Crippen LogP contribution is 2.48. The van der Waals surface area contributed by atoms with Gasteiger partial charge in [0.1, 0.15) is 36.3 Å². The molecule has 2 aromatic heterocycles. The predicted molar refractivity (Wildman–Crippen MR) is 184 cm³/mol. The number of nitrogens with two attached hydrogens (primary N) is 1. The lowest BCUT2D eigenvalue weighted by molar-refractivity contribution is -0.139. The number of hydrogen-bond acceptors (Lipinski definition) is 11. The molecule has 0 spiro atoms. The number of carbonyl (C=O) groups excluding carboxylic acids is 1. The van der Waals surface area contributed by atoms with Gasteiger partial charge in [-0.2, -0.15) is 19.4 Å². The van der Waals surface area contributed by atoms with Crippen LogP contribution in [0.2, 0.25) is 0 Å². The van der Waals surface area contributed by atoms with Gasteiger partial charge in [0.05, 0.1) is 6.33 Å². The van der Waals surface area contributed by atoms with Crippen LogP contribution in [0.25, 0.3) is 11.2 Å². The standard InChI is InChI=1S/C34H37F3N7O8P/c1-3-5-6-10-13-39-33(47)50-26-18-27(44-20-40-28-29(38)41-32(37)42-30(28)44)51-34(26,4-2)19-49-53(48,52-24-11-8-7-9-12-24)43-25(31(45)46)16-21-14-22(35)17-23(36)15-21/h2,7-9,11-12,14-15,17,20,25-27H,3,5-6,10,13,16,18-19H2,1H3,(H,39,47)(H,43,48)(H,45,46)(H2,38,41,42)/t25-,26-,27+,34+,53-/m0/s1. The van der Waals surface area contributed by atoms with Crippen molar-refractivity contribution in [1.29, 1.82) is 0 Å². The fraction of sp³-hybridized carbons (Fsp3) is 0.382. The number of imidazole rings is 1. The Morgan fingerprint density at radius 1 is 1.17 bits per heavy atom. The number of nitrogens with zero attached hydrogens (tertiary/aromatic N) is 4. The third-order valence-electron chi connectivity index (χ3n) is 8.20. The number of carboxylic acid groups (broad SMARTS) is 1. The van der Waals surface area contributed by atoms with Gasteiger partial charge in [-0.05, 0) is 42.7 Å². The van der Waals surface area contributed by atoms with E-state index in [1.807, 2.05) is 6.92 Å². The first-order valence-electron chi connectivity index (χ1n) is 16.5. The number of carbonyl (C=O) groups is 2. The molecule has 5 atom stereocenters. The molecule has 1 aliphatic heterocycles. The lowest BCUT2D eigenvalue weighted by Crippen LogP contribution is -2.47. The summed E-state index contributed by atoms with van der Waals surface area (Å²) in [7, 11) is -4.80. The predicted octanol–water partition coefficient (Wildman–Crippen LogP) is 5.28. The highest BCUT2D eigenvalue weighted by molar-refractivity contribution is 7.52. The fourth-order valence-electron chi connectivity index (χ4n) is 5.62. The molecule has 19 heteroatoms. The quantitative estimate of drug-likeness (QED) is 0.0469. The molecule has 53 heavy (non-hydrogen) atoms. The van der Waals surface area contributed by atoms with Crippen molar-refractivity contribution in [3.8, 4) is 18.1 Å². The number of nitrogens with one attached hydrogen (secondary N) is 2. The molecule has 0 saturated carbocycles. The van der Waals surface area contributed by atoms with Gasteiger partial charge in [-0.15, -0.1) is 6.42 Å². The minimum atomic E-state index is -4.80. The number of aromatic nitrogens is 4. The van der Waals surface area contributed by atoms with Gasteiger partial charge in [-0.25, -0.2) is 23.1 Å². The first kappa shape index (κ1) is 39.0. The zero-order valence-electron chi connectivity index (χ0n) is 28.4. The van der Waals surface area contributed by atoms with Crippen molar-refractivity contribution in [2.45, 2.75) is 69.4 Å². The third kappa shape index (κ3) is 9.82. The van der Waals surface area contributed by atoms with E-state index in [0.717, 1.165) is 31.4 Å². The average Bonchev–Trinajstić information content (AvgIpc) is 3.69. The van der Waals surface area contributed by atoms with Crippen molar-refractivity contribution < 1.29 is 51.0 Å². The molecule has 1 saturated heterocycles. The van der Waals surface area contributed by atoms with Gasteiger partial charge in [0.25, 0.3) is 0 Å². The van der Waals surface area contributed by atoms with Crippen LogP contribution in [0.1, 0.15) is 50.8 Å². The molecule has 0 radical (unpaired) electrons. The Bertz CT molecular complexity index is 2000. The summed E-state index contributed by atoms with van der Waals surface area (Å²) in [5, 5.41) is 15.0. The first-order chi connectivity index (χ1) is 25.3. The van der Waals surface area contributed by atoms with Gasteiger partial charge in [0.2, 0.25) is 0 Å². The highest BCUT2D eigenvalue weighted by Gasteiger charge is 2.53. The second kappa shape index (κ2) is 17.1. The number of hydrogen-bond donors (Lipinski definition) is 4. The number of nitrogen functional groups attached to an aromatic ring is 1. The van der Waals surface area contributed by atoms with Crippen LogP contribution >= 0.6 is 7.75 Å². The molecule has 282 valence electrons. The van der Waals surface area contributed by atoms with Gasteiger partial charge in [0.15, 0.2) is 28.7 Å². The number of aliphatic carboxylic acids is 1. The Morgan fingerprint density at radius 2 is 1.91 bits per heavy atom. The topological polar surface area (TPSA) is 202 Å². The Kier molecular flexibility index (Phi) is 12.6. The first-order valence-corrected chi connectivity index (χ1v) is 18.1. The summed E-state index contributed by atoms with van der Waals surface area (Å²) in [4.78, 5) is 36.8. The molecule has 1 aliphatic rings. The van der Waals surface area contributed by atoms with E-state index in [1.54, 1.807) is 18.2 Å². The smallest absolute Gasteiger partial charge is 0.459 e. The van der Waals surface area contributed by atoms with Crippen molar-refractivity contribution in [2.24, 2.45) is 0 Å². The van der Waals surface area contributed by atoms with E-state index in [9.17, 15) is 32.4 Å². The van der Waals surface area contributed by atoms with E-state index in [2.05, 4.69) is 31.3 Å². The Morgan fingerprint density at radius 3 is 2.58 bits per heavy atom. The fourth-order valence-corrected chi connectivity index (χ4v) is 7.14. The summed E-state index contributed by atoms with van der Waals surface area (Å²) >= 11 is 0. The van der Waals surface area contributed by atoms with Crippen molar-refractivity contribution in [1.82, 2.24) is 29.9 Å². The van der Waals surface area contributed by atoms with Gasteiger partial charge >= 0.3 is 25.9 Å². The lowest BCUT2D eigenvalue weighted by Gasteiger charge is -2.31. The summed E-state index contributed by atoms with van der Waals surface area (Å²) in [5.41, 5.74) is 3.72. The zero-order chi connectivity index (χ0) is 38.2. The van der Waals surface area contributed by atoms with Crippen LogP contribution in [0.15, 0.2) is 54.9 Å². The lowest BCUT2D eigenvalue weighted by atomic mass is 9.98. The van der Waals surface area contributed by atoms with E-state index < -0.39 is 74.5 Å². The second-order valence-electron chi connectivity index (χ2n) is 12.1. The number of unbranched alkanes of at least 4 members (excludes halogenated alkanes) is 3. The van der Waals surface area contributed by atoms with Crippen LogP contribution in [0, 0.1) is 30.1 Å². The maximum atomic E-state index is 14.5. The van der Waals surface area contributed by atoms with Crippen LogP contribution in [0.3, 0.4) is 0 Å². The van der Waals surface area contributed by atoms with E-state index in [-0.39, 0.29) is 34.7 Å². The molecule has 0 bridgehead atoms. The van der Waals surface area contributed by atoms with Gasteiger partial charge < -0.3 is 30.2 Å². The van der Waals surface area contributed by atoms with Crippen LogP contribution in [-0.4, -0.2) is 67.6 Å². The minimum Gasteiger partial charge on any atom is -0.480 e.